The van der Waals surface area contributed by atoms with E-state index < -0.39 is 9.84 Å². The molecule has 1 N–H and O–H groups in total. The Bertz CT molecular complexity index is 895. The minimum absolute atomic E-state index is 0.0940. The lowest BCUT2D eigenvalue weighted by molar-refractivity contribution is 0.0927. The third-order valence-corrected chi connectivity index (χ3v) is 8.13. The zero-order chi connectivity index (χ0) is 18.9. The Labute approximate surface area is 163 Å². The van der Waals surface area contributed by atoms with E-state index in [1.165, 1.54) is 12.8 Å². The highest BCUT2D eigenvalue weighted by Crippen LogP contribution is 2.32. The van der Waals surface area contributed by atoms with Gasteiger partial charge in [-0.3, -0.25) is 9.48 Å². The number of aromatic nitrogens is 2. The van der Waals surface area contributed by atoms with Crippen molar-refractivity contribution in [3.63, 3.8) is 0 Å². The van der Waals surface area contributed by atoms with Gasteiger partial charge in [0.1, 0.15) is 0 Å². The molecule has 3 heterocycles. The highest BCUT2D eigenvalue weighted by Gasteiger charge is 2.32. The topological polar surface area (TPSA) is 81.1 Å². The molecule has 2 aromatic heterocycles. The smallest absolute Gasteiger partial charge is 0.272 e. The molecule has 1 aliphatic heterocycles. The average Bonchev–Trinajstić information content (AvgIpc) is 3.32. The molecule has 1 saturated heterocycles. The Hall–Kier alpha value is -1.67. The third kappa shape index (κ3) is 4.27. The molecule has 0 bridgehead atoms. The van der Waals surface area contributed by atoms with Crippen LogP contribution in [0.25, 0.3) is 10.6 Å². The van der Waals surface area contributed by atoms with Gasteiger partial charge in [0.25, 0.3) is 5.91 Å². The van der Waals surface area contributed by atoms with Gasteiger partial charge in [-0.05, 0) is 36.8 Å². The third-order valence-electron chi connectivity index (χ3n) is 5.49. The van der Waals surface area contributed by atoms with E-state index in [2.05, 4.69) is 10.4 Å². The SMILES string of the molecule is O=C(NC1CCCCCC1)c1cc(-c2cccs2)n([C@H]2CCS(=O)(=O)C2)n1. The van der Waals surface area contributed by atoms with Crippen molar-refractivity contribution >= 4 is 27.1 Å². The van der Waals surface area contributed by atoms with Crippen molar-refractivity contribution in [3.8, 4) is 10.6 Å². The van der Waals surface area contributed by atoms with E-state index >= 15 is 0 Å². The largest absolute Gasteiger partial charge is 0.348 e. The molecule has 1 saturated carbocycles. The number of rotatable bonds is 4. The molecule has 0 spiro atoms. The molecule has 146 valence electrons. The summed E-state index contributed by atoms with van der Waals surface area (Å²) in [7, 11) is -3.02. The second-order valence-electron chi connectivity index (χ2n) is 7.56. The number of hydrogen-bond acceptors (Lipinski definition) is 5. The summed E-state index contributed by atoms with van der Waals surface area (Å²) in [5.41, 5.74) is 1.21. The maximum absolute atomic E-state index is 12.8. The molecule has 0 unspecified atom stereocenters. The van der Waals surface area contributed by atoms with Crippen molar-refractivity contribution in [2.45, 2.75) is 57.0 Å². The molecule has 1 aliphatic carbocycles. The van der Waals surface area contributed by atoms with E-state index in [4.69, 9.17) is 0 Å². The summed E-state index contributed by atoms with van der Waals surface area (Å²) >= 11 is 1.57. The van der Waals surface area contributed by atoms with Gasteiger partial charge in [0.2, 0.25) is 0 Å². The summed E-state index contributed by atoms with van der Waals surface area (Å²) in [4.78, 5) is 13.8. The Morgan fingerprint density at radius 2 is 1.96 bits per heavy atom. The minimum atomic E-state index is -3.02. The van der Waals surface area contributed by atoms with Crippen LogP contribution in [0.4, 0.5) is 0 Å². The molecule has 1 atom stereocenters. The van der Waals surface area contributed by atoms with Crippen LogP contribution >= 0.6 is 11.3 Å². The highest BCUT2D eigenvalue weighted by atomic mass is 32.2. The van der Waals surface area contributed by atoms with E-state index in [0.29, 0.717) is 12.1 Å². The van der Waals surface area contributed by atoms with Gasteiger partial charge in [-0.15, -0.1) is 11.3 Å². The van der Waals surface area contributed by atoms with Crippen molar-refractivity contribution in [1.29, 1.82) is 0 Å². The van der Waals surface area contributed by atoms with Crippen LogP contribution in [0, 0.1) is 0 Å². The molecule has 2 aromatic rings. The van der Waals surface area contributed by atoms with Gasteiger partial charge in [-0.2, -0.15) is 5.10 Å². The zero-order valence-electron chi connectivity index (χ0n) is 15.3. The molecular formula is C19H25N3O3S2. The molecule has 1 amide bonds. The summed E-state index contributed by atoms with van der Waals surface area (Å²) in [5, 5.41) is 9.66. The molecule has 2 aliphatic rings. The van der Waals surface area contributed by atoms with Gasteiger partial charge in [0.05, 0.1) is 28.1 Å². The number of thiophene rings is 1. The van der Waals surface area contributed by atoms with Crippen molar-refractivity contribution < 1.29 is 13.2 Å². The predicted octanol–water partition coefficient (Wildman–Crippen LogP) is 3.42. The quantitative estimate of drug-likeness (QED) is 0.788. The lowest BCUT2D eigenvalue weighted by atomic mass is 10.1. The number of hydrogen-bond donors (Lipinski definition) is 1. The number of carbonyl (C=O) groups excluding carboxylic acids is 1. The Kier molecular flexibility index (Phi) is 5.36. The number of nitrogens with one attached hydrogen (secondary N) is 1. The monoisotopic (exact) mass is 407 g/mol. The summed E-state index contributed by atoms with van der Waals surface area (Å²) in [6, 6.07) is 5.75. The van der Waals surface area contributed by atoms with Crippen LogP contribution < -0.4 is 5.32 Å². The lowest BCUT2D eigenvalue weighted by Gasteiger charge is -2.15. The van der Waals surface area contributed by atoms with Gasteiger partial charge >= 0.3 is 0 Å². The van der Waals surface area contributed by atoms with Gasteiger partial charge in [0.15, 0.2) is 15.5 Å². The molecule has 0 aromatic carbocycles. The van der Waals surface area contributed by atoms with E-state index in [1.54, 1.807) is 16.0 Å². The highest BCUT2D eigenvalue weighted by molar-refractivity contribution is 7.91. The summed E-state index contributed by atoms with van der Waals surface area (Å²) < 4.78 is 25.6. The van der Waals surface area contributed by atoms with Gasteiger partial charge < -0.3 is 5.32 Å². The summed E-state index contributed by atoms with van der Waals surface area (Å²) in [6.45, 7) is 0. The number of carbonyl (C=O) groups is 1. The average molecular weight is 408 g/mol. The van der Waals surface area contributed by atoms with Gasteiger partial charge in [0, 0.05) is 6.04 Å². The molecule has 8 heteroatoms. The van der Waals surface area contributed by atoms with Crippen molar-refractivity contribution in [2.75, 3.05) is 11.5 Å². The first-order valence-electron chi connectivity index (χ1n) is 9.66. The maximum Gasteiger partial charge on any atom is 0.272 e. The molecule has 0 radical (unpaired) electrons. The van der Waals surface area contributed by atoms with Gasteiger partial charge in [-0.1, -0.05) is 31.7 Å². The fraction of sp³-hybridized carbons (Fsp3) is 0.579. The first-order valence-corrected chi connectivity index (χ1v) is 12.4. The van der Waals surface area contributed by atoms with Crippen LogP contribution in [0.5, 0.6) is 0 Å². The maximum atomic E-state index is 12.8. The Morgan fingerprint density at radius 3 is 2.59 bits per heavy atom. The molecule has 27 heavy (non-hydrogen) atoms. The van der Waals surface area contributed by atoms with E-state index in [0.717, 1.165) is 36.3 Å². The lowest BCUT2D eigenvalue weighted by Crippen LogP contribution is -2.34. The molecular weight excluding hydrogens is 382 g/mol. The van der Waals surface area contributed by atoms with Crippen molar-refractivity contribution in [3.05, 3.63) is 29.3 Å². The minimum Gasteiger partial charge on any atom is -0.348 e. The van der Waals surface area contributed by atoms with Crippen LogP contribution in [0.15, 0.2) is 23.6 Å². The van der Waals surface area contributed by atoms with Crippen LogP contribution in [-0.2, 0) is 9.84 Å². The standard InChI is InChI=1S/C19H25N3O3S2/c23-19(20-14-6-3-1-2-4-7-14)16-12-17(18-8-5-10-26-18)22(21-16)15-9-11-27(24,25)13-15/h5,8,10,12,14-15H,1-4,6-7,9,11,13H2,(H,20,23)/t15-/m0/s1. The van der Waals surface area contributed by atoms with E-state index in [-0.39, 0.29) is 29.5 Å². The zero-order valence-corrected chi connectivity index (χ0v) is 16.9. The van der Waals surface area contributed by atoms with Crippen LogP contribution in [-0.4, -0.2) is 41.7 Å². The normalized spacial score (nSPS) is 23.2. The fourth-order valence-electron chi connectivity index (χ4n) is 4.04. The molecule has 4 rings (SSSR count). The Balaban J connectivity index is 1.60. The number of nitrogens with zero attached hydrogens (tertiary/aromatic N) is 2. The van der Waals surface area contributed by atoms with Crippen molar-refractivity contribution in [2.24, 2.45) is 0 Å². The molecule has 6 nitrogen and oxygen atoms in total. The van der Waals surface area contributed by atoms with E-state index in [1.807, 2.05) is 23.6 Å². The first kappa shape index (κ1) is 18.7. The number of amides is 1. The van der Waals surface area contributed by atoms with Crippen LogP contribution in [0.3, 0.4) is 0 Å². The second-order valence-corrected chi connectivity index (χ2v) is 10.7. The van der Waals surface area contributed by atoms with Crippen molar-refractivity contribution in [1.82, 2.24) is 15.1 Å². The van der Waals surface area contributed by atoms with Crippen LogP contribution in [0.2, 0.25) is 0 Å². The molecule has 2 fully saturated rings. The van der Waals surface area contributed by atoms with Gasteiger partial charge in [-0.25, -0.2) is 8.42 Å². The summed E-state index contributed by atoms with van der Waals surface area (Å²) in [5.74, 6) is 0.126. The fourth-order valence-corrected chi connectivity index (χ4v) is 6.47. The number of sulfone groups is 1. The van der Waals surface area contributed by atoms with E-state index in [9.17, 15) is 13.2 Å². The Morgan fingerprint density at radius 1 is 1.19 bits per heavy atom. The predicted molar refractivity (Wildman–Crippen MR) is 107 cm³/mol. The second kappa shape index (κ2) is 7.75. The summed E-state index contributed by atoms with van der Waals surface area (Å²) in [6.07, 6.45) is 7.36. The first-order chi connectivity index (χ1) is 13.0. The van der Waals surface area contributed by atoms with Crippen LogP contribution in [0.1, 0.15) is 61.5 Å².